The third-order valence-electron chi connectivity index (χ3n) is 1.50. The molecule has 0 spiro atoms. The predicted octanol–water partition coefficient (Wildman–Crippen LogP) is 2.67. The van der Waals surface area contributed by atoms with E-state index in [0.29, 0.717) is 0 Å². The zero-order valence-corrected chi connectivity index (χ0v) is 6.62. The summed E-state index contributed by atoms with van der Waals surface area (Å²) in [7, 11) is 0. The van der Waals surface area contributed by atoms with E-state index in [1.54, 1.807) is 18.5 Å². The highest BCUT2D eigenvalue weighted by Gasteiger charge is 1.90. The summed E-state index contributed by atoms with van der Waals surface area (Å²) in [6.07, 6.45) is 7.34. The minimum Gasteiger partial charge on any atom is -0.265 e. The van der Waals surface area contributed by atoms with Crippen LogP contribution in [0.1, 0.15) is 12.5 Å². The van der Waals surface area contributed by atoms with Crippen molar-refractivity contribution in [2.45, 2.75) is 6.92 Å². The maximum atomic E-state index is 3.93. The summed E-state index contributed by atoms with van der Waals surface area (Å²) in [5.41, 5.74) is 2.40. The number of hydrogen-bond donors (Lipinski definition) is 0. The van der Waals surface area contributed by atoms with Gasteiger partial charge in [0.25, 0.3) is 0 Å². The number of hydrogen-bond acceptors (Lipinski definition) is 1. The van der Waals surface area contributed by atoms with Crippen molar-refractivity contribution < 1.29 is 0 Å². The quantitative estimate of drug-likeness (QED) is 0.583. The molecule has 0 aliphatic rings. The first-order valence-corrected chi connectivity index (χ1v) is 3.54. The molecular formula is C10H11N. The summed E-state index contributed by atoms with van der Waals surface area (Å²) in [5, 5.41) is 0. The molecule has 0 fully saturated rings. The van der Waals surface area contributed by atoms with E-state index < -0.39 is 0 Å². The Morgan fingerprint density at radius 2 is 2.09 bits per heavy atom. The van der Waals surface area contributed by atoms with Gasteiger partial charge in [0, 0.05) is 12.4 Å². The van der Waals surface area contributed by atoms with E-state index in [1.165, 1.54) is 11.1 Å². The van der Waals surface area contributed by atoms with Crippen molar-refractivity contribution in [2.24, 2.45) is 0 Å². The van der Waals surface area contributed by atoms with Gasteiger partial charge in [0.2, 0.25) is 0 Å². The molecule has 56 valence electrons. The van der Waals surface area contributed by atoms with Gasteiger partial charge < -0.3 is 0 Å². The van der Waals surface area contributed by atoms with Crippen LogP contribution in [0.15, 0.2) is 43.3 Å². The van der Waals surface area contributed by atoms with Gasteiger partial charge in [-0.05, 0) is 30.2 Å². The molecule has 1 aromatic heterocycles. The molecule has 0 N–H and O–H groups in total. The Bertz CT molecular complexity index is 259. The molecule has 0 saturated heterocycles. The van der Waals surface area contributed by atoms with Gasteiger partial charge in [0.05, 0.1) is 0 Å². The normalized spacial score (nSPS) is 11.2. The highest BCUT2D eigenvalue weighted by Crippen LogP contribution is 2.10. The number of aromatic nitrogens is 1. The van der Waals surface area contributed by atoms with Crippen molar-refractivity contribution in [1.82, 2.24) is 4.98 Å². The number of rotatable bonds is 2. The molecule has 1 nitrogen and oxygen atoms in total. The van der Waals surface area contributed by atoms with Crippen LogP contribution in [-0.4, -0.2) is 4.98 Å². The summed E-state index contributed by atoms with van der Waals surface area (Å²) in [6.45, 7) is 5.69. The van der Waals surface area contributed by atoms with Gasteiger partial charge in [0.15, 0.2) is 0 Å². The minimum atomic E-state index is 1.19. The van der Waals surface area contributed by atoms with Crippen LogP contribution < -0.4 is 0 Å². The molecule has 11 heavy (non-hydrogen) atoms. The second-order valence-corrected chi connectivity index (χ2v) is 2.32. The van der Waals surface area contributed by atoms with E-state index in [1.807, 2.05) is 18.2 Å². The fourth-order valence-electron chi connectivity index (χ4n) is 0.888. The summed E-state index contributed by atoms with van der Waals surface area (Å²) >= 11 is 0. The lowest BCUT2D eigenvalue weighted by molar-refractivity contribution is 1.31. The molecule has 0 atom stereocenters. The fourth-order valence-corrected chi connectivity index (χ4v) is 0.888. The Balaban J connectivity index is 2.94. The molecule has 0 aliphatic carbocycles. The largest absolute Gasteiger partial charge is 0.265 e. The number of pyridine rings is 1. The smallest absolute Gasteiger partial charge is 0.0273 e. The monoisotopic (exact) mass is 145 g/mol. The van der Waals surface area contributed by atoms with Crippen molar-refractivity contribution in [3.05, 3.63) is 48.8 Å². The van der Waals surface area contributed by atoms with Gasteiger partial charge in [-0.2, -0.15) is 0 Å². The van der Waals surface area contributed by atoms with Crippen LogP contribution in [0.3, 0.4) is 0 Å². The maximum absolute atomic E-state index is 3.93. The van der Waals surface area contributed by atoms with Gasteiger partial charge in [-0.1, -0.05) is 18.7 Å². The molecule has 1 heteroatoms. The van der Waals surface area contributed by atoms with Gasteiger partial charge in [-0.25, -0.2) is 0 Å². The first-order valence-electron chi connectivity index (χ1n) is 3.54. The third-order valence-corrected chi connectivity index (χ3v) is 1.50. The Kier molecular flexibility index (Phi) is 2.61. The molecule has 0 bridgehead atoms. The molecule has 0 aromatic carbocycles. The Hall–Kier alpha value is -1.37. The van der Waals surface area contributed by atoms with Crippen LogP contribution in [0.25, 0.3) is 5.57 Å². The molecule has 0 amide bonds. The van der Waals surface area contributed by atoms with Crippen LogP contribution in [-0.2, 0) is 0 Å². The molecule has 1 aromatic rings. The molecule has 1 rings (SSSR count). The number of allylic oxidation sites excluding steroid dienone is 3. The maximum Gasteiger partial charge on any atom is 0.0273 e. The first-order chi connectivity index (χ1) is 5.34. The topological polar surface area (TPSA) is 12.9 Å². The lowest BCUT2D eigenvalue weighted by Crippen LogP contribution is -1.78. The summed E-state index contributed by atoms with van der Waals surface area (Å²) < 4.78 is 0. The predicted molar refractivity (Wildman–Crippen MR) is 48.1 cm³/mol. The Morgan fingerprint density at radius 1 is 1.45 bits per heavy atom. The lowest BCUT2D eigenvalue weighted by Gasteiger charge is -1.97. The average Bonchev–Trinajstić information content (AvgIpc) is 2.07. The summed E-state index contributed by atoms with van der Waals surface area (Å²) in [5.74, 6) is 0. The van der Waals surface area contributed by atoms with Gasteiger partial charge in [-0.3, -0.25) is 4.98 Å². The van der Waals surface area contributed by atoms with Crippen molar-refractivity contribution in [3.8, 4) is 0 Å². The van der Waals surface area contributed by atoms with Crippen molar-refractivity contribution in [3.63, 3.8) is 0 Å². The molecule has 0 radical (unpaired) electrons. The summed E-state index contributed by atoms with van der Waals surface area (Å²) in [6, 6.07) is 3.96. The fraction of sp³-hybridized carbons (Fsp3) is 0.100. The average molecular weight is 145 g/mol. The summed E-state index contributed by atoms with van der Waals surface area (Å²) in [4.78, 5) is 3.93. The standard InChI is InChI=1S/C10H11N/c1-3-4-9(2)10-5-7-11-8-6-10/h3-8H,1H2,2H3. The van der Waals surface area contributed by atoms with E-state index in [0.717, 1.165) is 0 Å². The van der Waals surface area contributed by atoms with Crippen LogP contribution in [0.4, 0.5) is 0 Å². The van der Waals surface area contributed by atoms with Crippen LogP contribution in [0.2, 0.25) is 0 Å². The van der Waals surface area contributed by atoms with E-state index in [9.17, 15) is 0 Å². The zero-order chi connectivity index (χ0) is 8.10. The highest BCUT2D eigenvalue weighted by molar-refractivity contribution is 5.64. The highest BCUT2D eigenvalue weighted by atomic mass is 14.6. The Morgan fingerprint density at radius 3 is 2.64 bits per heavy atom. The second-order valence-electron chi connectivity index (χ2n) is 2.32. The van der Waals surface area contributed by atoms with Crippen molar-refractivity contribution >= 4 is 5.57 Å². The van der Waals surface area contributed by atoms with E-state index >= 15 is 0 Å². The third kappa shape index (κ3) is 2.04. The zero-order valence-electron chi connectivity index (χ0n) is 6.62. The van der Waals surface area contributed by atoms with Crippen LogP contribution in [0.5, 0.6) is 0 Å². The van der Waals surface area contributed by atoms with E-state index in [-0.39, 0.29) is 0 Å². The second kappa shape index (κ2) is 3.71. The van der Waals surface area contributed by atoms with Gasteiger partial charge in [0.1, 0.15) is 0 Å². The number of nitrogens with zero attached hydrogens (tertiary/aromatic N) is 1. The first kappa shape index (κ1) is 7.73. The van der Waals surface area contributed by atoms with Crippen molar-refractivity contribution in [2.75, 3.05) is 0 Å². The van der Waals surface area contributed by atoms with E-state index in [2.05, 4.69) is 18.5 Å². The minimum absolute atomic E-state index is 1.19. The SMILES string of the molecule is C=CC=C(C)c1ccncc1. The molecular weight excluding hydrogens is 134 g/mol. The molecule has 0 saturated carbocycles. The lowest BCUT2D eigenvalue weighted by atomic mass is 10.1. The molecule has 1 heterocycles. The van der Waals surface area contributed by atoms with Gasteiger partial charge >= 0.3 is 0 Å². The van der Waals surface area contributed by atoms with Crippen LogP contribution >= 0.6 is 0 Å². The van der Waals surface area contributed by atoms with Crippen molar-refractivity contribution in [1.29, 1.82) is 0 Å². The molecule has 0 aliphatic heterocycles. The van der Waals surface area contributed by atoms with E-state index in [4.69, 9.17) is 0 Å². The molecule has 0 unspecified atom stereocenters. The van der Waals surface area contributed by atoms with Gasteiger partial charge in [-0.15, -0.1) is 0 Å². The van der Waals surface area contributed by atoms with Crippen LogP contribution in [0, 0.1) is 0 Å². The Labute approximate surface area is 67.1 Å².